The molecule has 2 atom stereocenters. The summed E-state index contributed by atoms with van der Waals surface area (Å²) >= 11 is 0. The molecular weight excluding hydrogens is 582 g/mol. The third-order valence-corrected chi connectivity index (χ3v) is 9.05. The van der Waals surface area contributed by atoms with E-state index in [1.165, 1.54) is 4.90 Å². The zero-order chi connectivity index (χ0) is 31.9. The number of nitrogens with one attached hydrogen (secondary N) is 2. The SMILES string of the molecule is CC1CN(c2cc(F)c(C3=CCCN(C(=O)OC4(C)CCC4)C3)c(F)c2NC(=O)c2c[nH]c(=O)cc2C(F)F)CC(C)N1C. The molecule has 1 saturated heterocycles. The van der Waals surface area contributed by atoms with Gasteiger partial charge < -0.3 is 24.8 Å². The molecule has 1 aliphatic carbocycles. The second-order valence-corrected chi connectivity index (χ2v) is 12.2. The molecule has 1 aromatic carbocycles. The number of aromatic amines is 1. The lowest BCUT2D eigenvalue weighted by molar-refractivity contribution is -0.0465. The lowest BCUT2D eigenvalue weighted by Crippen LogP contribution is -2.55. The molecule has 238 valence electrons. The standard InChI is InChI=1S/C31H37F4N5O4/c1-17-14-40(15-18(2)38(17)4)23-12-22(32)25(19-7-5-10-39(16-19)30(43)44-31(3)8-6-9-31)26(33)27(23)37-29(42)21-13-36-24(41)11-20(21)28(34)35/h7,11-13,17-18,28H,5-6,8-10,14-16H2,1-4H3,(H,36,41)(H,37,42). The Balaban J connectivity index is 1.53. The van der Waals surface area contributed by atoms with Crippen molar-refractivity contribution >= 4 is 28.9 Å². The fraction of sp³-hybridized carbons (Fsp3) is 0.516. The van der Waals surface area contributed by atoms with Crippen LogP contribution in [-0.4, -0.2) is 77.7 Å². The molecule has 2 aromatic rings. The summed E-state index contributed by atoms with van der Waals surface area (Å²) in [5, 5.41) is 2.41. The van der Waals surface area contributed by atoms with Crippen LogP contribution in [0.25, 0.3) is 5.57 Å². The average molecular weight is 620 g/mol. The van der Waals surface area contributed by atoms with Crippen LogP contribution in [0.15, 0.2) is 29.2 Å². The maximum atomic E-state index is 16.6. The van der Waals surface area contributed by atoms with E-state index in [1.807, 2.05) is 27.8 Å². The fourth-order valence-corrected chi connectivity index (χ4v) is 6.05. The van der Waals surface area contributed by atoms with Gasteiger partial charge in [0.25, 0.3) is 12.3 Å². The number of halogens is 4. The van der Waals surface area contributed by atoms with Crippen LogP contribution in [0.2, 0.25) is 0 Å². The first kappa shape index (κ1) is 31.6. The minimum Gasteiger partial charge on any atom is -0.443 e. The van der Waals surface area contributed by atoms with Gasteiger partial charge in [-0.25, -0.2) is 22.4 Å². The first-order chi connectivity index (χ1) is 20.8. The van der Waals surface area contributed by atoms with E-state index in [-0.39, 0.29) is 35.6 Å². The molecule has 44 heavy (non-hydrogen) atoms. The Labute approximate surface area is 252 Å². The maximum Gasteiger partial charge on any atom is 0.410 e. The van der Waals surface area contributed by atoms with Crippen molar-refractivity contribution in [2.24, 2.45) is 0 Å². The van der Waals surface area contributed by atoms with Gasteiger partial charge in [-0.3, -0.25) is 14.5 Å². The average Bonchev–Trinajstić information content (AvgIpc) is 2.96. The van der Waals surface area contributed by atoms with Crippen molar-refractivity contribution in [2.75, 3.05) is 43.4 Å². The molecule has 2 aliphatic heterocycles. The van der Waals surface area contributed by atoms with Crippen LogP contribution in [0.3, 0.4) is 0 Å². The van der Waals surface area contributed by atoms with Crippen molar-refractivity contribution in [1.29, 1.82) is 0 Å². The van der Waals surface area contributed by atoms with Gasteiger partial charge in [-0.05, 0) is 59.1 Å². The Morgan fingerprint density at radius 1 is 1.14 bits per heavy atom. The summed E-state index contributed by atoms with van der Waals surface area (Å²) in [6.45, 7) is 6.72. The van der Waals surface area contributed by atoms with Crippen LogP contribution in [-0.2, 0) is 4.74 Å². The number of anilines is 2. The van der Waals surface area contributed by atoms with Crippen molar-refractivity contribution in [3.63, 3.8) is 0 Å². The lowest BCUT2D eigenvalue weighted by atomic mass is 9.82. The Hall–Kier alpha value is -3.87. The minimum atomic E-state index is -3.15. The van der Waals surface area contributed by atoms with E-state index in [9.17, 15) is 23.2 Å². The number of nitrogens with zero attached hydrogens (tertiary/aromatic N) is 3. The van der Waals surface area contributed by atoms with Gasteiger partial charge >= 0.3 is 6.09 Å². The number of benzene rings is 1. The van der Waals surface area contributed by atoms with Crippen molar-refractivity contribution in [2.45, 2.75) is 70.6 Å². The largest absolute Gasteiger partial charge is 0.443 e. The quantitative estimate of drug-likeness (QED) is 0.413. The van der Waals surface area contributed by atoms with Gasteiger partial charge in [-0.1, -0.05) is 6.08 Å². The van der Waals surface area contributed by atoms with Crippen LogP contribution in [0, 0.1) is 11.6 Å². The molecule has 0 spiro atoms. The number of alkyl halides is 2. The molecule has 2 unspecified atom stereocenters. The van der Waals surface area contributed by atoms with Crippen LogP contribution in [0.4, 0.5) is 33.7 Å². The first-order valence-electron chi connectivity index (χ1n) is 14.8. The number of likely N-dealkylation sites (N-methyl/N-ethyl adjacent to an activating group) is 1. The molecule has 1 saturated carbocycles. The molecule has 2 N–H and O–H groups in total. The number of piperazine rings is 1. The van der Waals surface area contributed by atoms with E-state index >= 15 is 8.78 Å². The zero-order valence-corrected chi connectivity index (χ0v) is 25.2. The van der Waals surface area contributed by atoms with Crippen LogP contribution < -0.4 is 15.8 Å². The van der Waals surface area contributed by atoms with Gasteiger partial charge in [0.15, 0.2) is 5.82 Å². The summed E-state index contributed by atoms with van der Waals surface area (Å²) in [5.41, 5.74) is -3.31. The number of amides is 2. The molecular formula is C31H37F4N5O4. The molecule has 13 heteroatoms. The van der Waals surface area contributed by atoms with Gasteiger partial charge in [-0.15, -0.1) is 0 Å². The molecule has 3 aliphatic rings. The molecule has 5 rings (SSSR count). The molecule has 2 amide bonds. The Bertz CT molecular complexity index is 1530. The number of hydrogen-bond acceptors (Lipinski definition) is 6. The number of ether oxygens (including phenoxy) is 1. The Morgan fingerprint density at radius 2 is 1.82 bits per heavy atom. The minimum absolute atomic E-state index is 0.00381. The highest BCUT2D eigenvalue weighted by molar-refractivity contribution is 6.07. The topological polar surface area (TPSA) is 98.0 Å². The normalized spacial score (nSPS) is 22.0. The van der Waals surface area contributed by atoms with Gasteiger partial charge in [0.2, 0.25) is 5.56 Å². The molecule has 3 heterocycles. The number of rotatable bonds is 6. The summed E-state index contributed by atoms with van der Waals surface area (Å²) in [7, 11) is 1.94. The van der Waals surface area contributed by atoms with Crippen LogP contribution >= 0.6 is 0 Å². The molecule has 1 aromatic heterocycles. The Morgan fingerprint density at radius 3 is 2.43 bits per heavy atom. The summed E-state index contributed by atoms with van der Waals surface area (Å²) in [5.74, 6) is -3.08. The number of H-pyrrole nitrogens is 1. The van der Waals surface area contributed by atoms with Gasteiger partial charge in [0, 0.05) is 62.2 Å². The second kappa shape index (κ2) is 12.3. The molecule has 2 fully saturated rings. The van der Waals surface area contributed by atoms with Crippen molar-refractivity contribution in [3.05, 3.63) is 63.1 Å². The predicted octanol–water partition coefficient (Wildman–Crippen LogP) is 5.54. The number of hydrogen-bond donors (Lipinski definition) is 2. The van der Waals surface area contributed by atoms with E-state index < -0.39 is 57.9 Å². The predicted molar refractivity (Wildman–Crippen MR) is 158 cm³/mol. The van der Waals surface area contributed by atoms with Crippen molar-refractivity contribution < 1.29 is 31.9 Å². The van der Waals surface area contributed by atoms with E-state index in [4.69, 9.17) is 4.74 Å². The number of carbonyl (C=O) groups excluding carboxylic acids is 2. The second-order valence-electron chi connectivity index (χ2n) is 12.2. The lowest BCUT2D eigenvalue weighted by Gasteiger charge is -2.44. The van der Waals surface area contributed by atoms with Gasteiger partial charge in [0.05, 0.1) is 16.8 Å². The highest BCUT2D eigenvalue weighted by Crippen LogP contribution is 2.40. The fourth-order valence-electron chi connectivity index (χ4n) is 6.05. The zero-order valence-electron chi connectivity index (χ0n) is 25.2. The van der Waals surface area contributed by atoms with E-state index in [1.54, 1.807) is 11.0 Å². The van der Waals surface area contributed by atoms with Crippen molar-refractivity contribution in [3.8, 4) is 0 Å². The van der Waals surface area contributed by atoms with Gasteiger partial charge in [-0.2, -0.15) is 0 Å². The molecule has 9 nitrogen and oxygen atoms in total. The van der Waals surface area contributed by atoms with E-state index in [0.29, 0.717) is 32.1 Å². The maximum absolute atomic E-state index is 16.6. The number of pyridine rings is 1. The number of aromatic nitrogens is 1. The molecule has 0 radical (unpaired) electrons. The van der Waals surface area contributed by atoms with E-state index in [2.05, 4.69) is 15.2 Å². The van der Waals surface area contributed by atoms with Crippen LogP contribution in [0.1, 0.15) is 74.4 Å². The Kier molecular flexibility index (Phi) is 8.79. The van der Waals surface area contributed by atoms with Crippen LogP contribution in [0.5, 0.6) is 0 Å². The summed E-state index contributed by atoms with van der Waals surface area (Å²) in [4.78, 5) is 45.4. The highest BCUT2D eigenvalue weighted by atomic mass is 19.3. The highest BCUT2D eigenvalue weighted by Gasteiger charge is 2.38. The van der Waals surface area contributed by atoms with E-state index in [0.717, 1.165) is 31.5 Å². The number of carbonyl (C=O) groups is 2. The third-order valence-electron chi connectivity index (χ3n) is 9.05. The summed E-state index contributed by atoms with van der Waals surface area (Å²) < 4.78 is 65.7. The van der Waals surface area contributed by atoms with Crippen molar-refractivity contribution in [1.82, 2.24) is 14.8 Å². The van der Waals surface area contributed by atoms with Gasteiger partial charge in [0.1, 0.15) is 17.1 Å². The third kappa shape index (κ3) is 6.19. The monoisotopic (exact) mass is 619 g/mol. The molecule has 0 bridgehead atoms. The summed E-state index contributed by atoms with van der Waals surface area (Å²) in [6.07, 6.45) is 1.54. The smallest absolute Gasteiger partial charge is 0.410 e. The first-order valence-corrected chi connectivity index (χ1v) is 14.8. The summed E-state index contributed by atoms with van der Waals surface area (Å²) in [6, 6.07) is 1.74.